The molecule has 0 radical (unpaired) electrons. The summed E-state index contributed by atoms with van der Waals surface area (Å²) in [6.45, 7) is 0. The van der Waals surface area contributed by atoms with E-state index in [4.69, 9.17) is 22.4 Å². The number of carbonyl (C=O) groups is 1. The Morgan fingerprint density at radius 3 is 2.80 bits per heavy atom. The standard InChI is InChI=1S/C9H12ClNO2S.ClH/c10-9-6(3-4-14-9)5-7(11)1-2-8(12)13;/h3-4,7H,1-2,5,11H2,(H,12,13);1H. The molecule has 3 N–H and O–H groups in total. The monoisotopic (exact) mass is 269 g/mol. The Morgan fingerprint density at radius 2 is 2.33 bits per heavy atom. The Bertz CT molecular complexity index is 317. The first-order chi connectivity index (χ1) is 6.59. The van der Waals surface area contributed by atoms with Gasteiger partial charge in [-0.25, -0.2) is 0 Å². The fraction of sp³-hybridized carbons (Fsp3) is 0.444. The fourth-order valence-corrected chi connectivity index (χ4v) is 2.11. The van der Waals surface area contributed by atoms with Gasteiger partial charge in [0.1, 0.15) is 0 Å². The molecule has 1 heterocycles. The number of thiophene rings is 1. The summed E-state index contributed by atoms with van der Waals surface area (Å²) in [4.78, 5) is 10.3. The topological polar surface area (TPSA) is 63.3 Å². The van der Waals surface area contributed by atoms with Crippen LogP contribution in [0.5, 0.6) is 0 Å². The first-order valence-electron chi connectivity index (χ1n) is 4.29. The highest BCUT2D eigenvalue weighted by atomic mass is 35.5. The highest BCUT2D eigenvalue weighted by molar-refractivity contribution is 7.14. The highest BCUT2D eigenvalue weighted by Crippen LogP contribution is 2.24. The predicted molar refractivity (Wildman–Crippen MR) is 65.1 cm³/mol. The molecule has 0 aliphatic rings. The number of halogens is 2. The minimum Gasteiger partial charge on any atom is -0.481 e. The summed E-state index contributed by atoms with van der Waals surface area (Å²) in [6.07, 6.45) is 1.25. The van der Waals surface area contributed by atoms with Gasteiger partial charge in [-0.2, -0.15) is 0 Å². The van der Waals surface area contributed by atoms with E-state index in [1.807, 2.05) is 11.4 Å². The molecule has 1 atom stereocenters. The molecule has 3 nitrogen and oxygen atoms in total. The van der Waals surface area contributed by atoms with Gasteiger partial charge in [0.15, 0.2) is 0 Å². The van der Waals surface area contributed by atoms with Gasteiger partial charge in [-0.15, -0.1) is 23.7 Å². The SMILES string of the molecule is Cl.NC(CCC(=O)O)Cc1ccsc1Cl. The van der Waals surface area contributed by atoms with Crippen molar-refractivity contribution in [2.24, 2.45) is 5.73 Å². The van der Waals surface area contributed by atoms with Crippen molar-refractivity contribution in [1.82, 2.24) is 0 Å². The molecule has 0 saturated heterocycles. The van der Waals surface area contributed by atoms with Crippen molar-refractivity contribution in [3.63, 3.8) is 0 Å². The zero-order chi connectivity index (χ0) is 10.6. The van der Waals surface area contributed by atoms with E-state index in [0.717, 1.165) is 9.90 Å². The molecule has 0 spiro atoms. The lowest BCUT2D eigenvalue weighted by Crippen LogP contribution is -2.23. The normalized spacial score (nSPS) is 11.9. The van der Waals surface area contributed by atoms with E-state index in [0.29, 0.717) is 12.8 Å². The van der Waals surface area contributed by atoms with Crippen LogP contribution >= 0.6 is 35.3 Å². The summed E-state index contributed by atoms with van der Waals surface area (Å²) in [7, 11) is 0. The Labute approximate surface area is 104 Å². The molecule has 1 rings (SSSR count). The van der Waals surface area contributed by atoms with Crippen LogP contribution < -0.4 is 5.73 Å². The lowest BCUT2D eigenvalue weighted by Gasteiger charge is -2.08. The maximum Gasteiger partial charge on any atom is 0.303 e. The molecule has 0 fully saturated rings. The van der Waals surface area contributed by atoms with Crippen molar-refractivity contribution in [3.05, 3.63) is 21.3 Å². The van der Waals surface area contributed by atoms with Gasteiger partial charge in [0.2, 0.25) is 0 Å². The van der Waals surface area contributed by atoms with E-state index in [1.165, 1.54) is 11.3 Å². The molecule has 15 heavy (non-hydrogen) atoms. The number of rotatable bonds is 5. The molecule has 1 aromatic rings. The Kier molecular flexibility index (Phi) is 6.92. The summed E-state index contributed by atoms with van der Waals surface area (Å²) >= 11 is 7.36. The zero-order valence-corrected chi connectivity index (χ0v) is 10.4. The third-order valence-electron chi connectivity index (χ3n) is 1.90. The second-order valence-corrected chi connectivity index (χ2v) is 4.63. The van der Waals surface area contributed by atoms with Gasteiger partial charge < -0.3 is 10.8 Å². The second kappa shape index (κ2) is 7.06. The minimum absolute atomic E-state index is 0. The van der Waals surface area contributed by atoms with Crippen LogP contribution in [0.1, 0.15) is 18.4 Å². The largest absolute Gasteiger partial charge is 0.481 e. The molecular formula is C9H13Cl2NO2S. The van der Waals surface area contributed by atoms with Crippen molar-refractivity contribution in [2.75, 3.05) is 0 Å². The summed E-state index contributed by atoms with van der Waals surface area (Å²) in [5, 5.41) is 10.4. The minimum atomic E-state index is -0.808. The quantitative estimate of drug-likeness (QED) is 0.864. The molecule has 6 heteroatoms. The molecule has 0 aromatic carbocycles. The zero-order valence-electron chi connectivity index (χ0n) is 7.98. The molecule has 0 saturated carbocycles. The average Bonchev–Trinajstić information content (AvgIpc) is 2.49. The predicted octanol–water partition coefficient (Wildman–Crippen LogP) is 2.56. The third kappa shape index (κ3) is 5.37. The van der Waals surface area contributed by atoms with E-state index in [2.05, 4.69) is 0 Å². The number of hydrogen-bond acceptors (Lipinski definition) is 3. The third-order valence-corrected chi connectivity index (χ3v) is 3.16. The Balaban J connectivity index is 0.00000196. The summed E-state index contributed by atoms with van der Waals surface area (Å²) in [5.74, 6) is -0.808. The van der Waals surface area contributed by atoms with Gasteiger partial charge in [-0.3, -0.25) is 4.79 Å². The van der Waals surface area contributed by atoms with Crippen LogP contribution in [0.25, 0.3) is 0 Å². The lowest BCUT2D eigenvalue weighted by atomic mass is 10.1. The first-order valence-corrected chi connectivity index (χ1v) is 5.54. The highest BCUT2D eigenvalue weighted by Gasteiger charge is 2.09. The van der Waals surface area contributed by atoms with Crippen molar-refractivity contribution >= 4 is 41.3 Å². The fourth-order valence-electron chi connectivity index (χ4n) is 1.16. The van der Waals surface area contributed by atoms with E-state index in [-0.39, 0.29) is 24.9 Å². The summed E-state index contributed by atoms with van der Waals surface area (Å²) in [5.41, 5.74) is 6.77. The molecule has 0 amide bonds. The van der Waals surface area contributed by atoms with Crippen molar-refractivity contribution in [1.29, 1.82) is 0 Å². The van der Waals surface area contributed by atoms with Gasteiger partial charge in [0, 0.05) is 12.5 Å². The van der Waals surface area contributed by atoms with E-state index < -0.39 is 5.97 Å². The van der Waals surface area contributed by atoms with E-state index >= 15 is 0 Å². The number of nitrogens with two attached hydrogens (primary N) is 1. The van der Waals surface area contributed by atoms with Crippen LogP contribution in [0.3, 0.4) is 0 Å². The van der Waals surface area contributed by atoms with E-state index in [1.54, 1.807) is 0 Å². The molecule has 86 valence electrons. The molecule has 0 aliphatic heterocycles. The van der Waals surface area contributed by atoms with Crippen LogP contribution in [-0.4, -0.2) is 17.1 Å². The van der Waals surface area contributed by atoms with Gasteiger partial charge in [-0.1, -0.05) is 11.6 Å². The number of aliphatic carboxylic acids is 1. The van der Waals surface area contributed by atoms with Gasteiger partial charge in [-0.05, 0) is 29.9 Å². The van der Waals surface area contributed by atoms with Gasteiger partial charge >= 0.3 is 5.97 Å². The molecule has 1 unspecified atom stereocenters. The number of carboxylic acid groups (broad SMARTS) is 1. The summed E-state index contributed by atoms with van der Waals surface area (Å²) in [6, 6.07) is 1.80. The smallest absolute Gasteiger partial charge is 0.303 e. The maximum absolute atomic E-state index is 10.3. The Morgan fingerprint density at radius 1 is 1.67 bits per heavy atom. The van der Waals surface area contributed by atoms with Crippen LogP contribution in [0, 0.1) is 0 Å². The molecule has 0 aliphatic carbocycles. The Hall–Kier alpha value is -0.290. The molecular weight excluding hydrogens is 257 g/mol. The van der Waals surface area contributed by atoms with Crippen molar-refractivity contribution in [2.45, 2.75) is 25.3 Å². The number of hydrogen-bond donors (Lipinski definition) is 2. The molecule has 1 aromatic heterocycles. The van der Waals surface area contributed by atoms with Gasteiger partial charge in [0.25, 0.3) is 0 Å². The van der Waals surface area contributed by atoms with Crippen molar-refractivity contribution in [3.8, 4) is 0 Å². The maximum atomic E-state index is 10.3. The van der Waals surface area contributed by atoms with Crippen LogP contribution in [0.2, 0.25) is 4.34 Å². The lowest BCUT2D eigenvalue weighted by molar-refractivity contribution is -0.137. The van der Waals surface area contributed by atoms with Crippen molar-refractivity contribution < 1.29 is 9.90 Å². The summed E-state index contributed by atoms with van der Waals surface area (Å²) < 4.78 is 0.746. The van der Waals surface area contributed by atoms with Crippen LogP contribution in [0.15, 0.2) is 11.4 Å². The average molecular weight is 270 g/mol. The van der Waals surface area contributed by atoms with Crippen LogP contribution in [0.4, 0.5) is 0 Å². The van der Waals surface area contributed by atoms with Gasteiger partial charge in [0.05, 0.1) is 4.34 Å². The second-order valence-electron chi connectivity index (χ2n) is 3.12. The van der Waals surface area contributed by atoms with Crippen LogP contribution in [-0.2, 0) is 11.2 Å². The number of carboxylic acids is 1. The molecule has 0 bridgehead atoms. The first kappa shape index (κ1) is 14.7. The van der Waals surface area contributed by atoms with E-state index in [9.17, 15) is 4.79 Å².